The van der Waals surface area contributed by atoms with Crippen molar-refractivity contribution < 1.29 is 4.79 Å². The molecule has 105 valence electrons. The first-order chi connectivity index (χ1) is 9.26. The first kappa shape index (κ1) is 15.7. The van der Waals surface area contributed by atoms with Gasteiger partial charge in [-0.3, -0.25) is 4.79 Å². The summed E-state index contributed by atoms with van der Waals surface area (Å²) in [5.74, 6) is 0.123. The van der Waals surface area contributed by atoms with E-state index in [1.165, 1.54) is 18.4 Å². The number of anilines is 1. The van der Waals surface area contributed by atoms with Crippen molar-refractivity contribution in [3.63, 3.8) is 0 Å². The molecular formula is C17H26NO. The van der Waals surface area contributed by atoms with Gasteiger partial charge < -0.3 is 5.32 Å². The number of benzene rings is 1. The Morgan fingerprint density at radius 2 is 1.84 bits per heavy atom. The molecule has 0 saturated heterocycles. The van der Waals surface area contributed by atoms with Gasteiger partial charge in [0.2, 0.25) is 5.91 Å². The highest BCUT2D eigenvalue weighted by Crippen LogP contribution is 2.13. The fourth-order valence-electron chi connectivity index (χ4n) is 2.02. The number of hydrogen-bond acceptors (Lipinski definition) is 1. The van der Waals surface area contributed by atoms with Crippen molar-refractivity contribution in [2.75, 3.05) is 5.32 Å². The second kappa shape index (κ2) is 9.60. The number of nitrogens with one attached hydrogen (secondary N) is 1. The lowest BCUT2D eigenvalue weighted by Crippen LogP contribution is -2.10. The zero-order valence-corrected chi connectivity index (χ0v) is 12.1. The normalized spacial score (nSPS) is 10.4. The van der Waals surface area contributed by atoms with E-state index in [2.05, 4.69) is 31.3 Å². The van der Waals surface area contributed by atoms with Crippen molar-refractivity contribution in [2.24, 2.45) is 0 Å². The van der Waals surface area contributed by atoms with Gasteiger partial charge in [0, 0.05) is 12.1 Å². The van der Waals surface area contributed by atoms with Crippen LogP contribution in [0, 0.1) is 6.92 Å². The largest absolute Gasteiger partial charge is 0.326 e. The van der Waals surface area contributed by atoms with Gasteiger partial charge >= 0.3 is 0 Å². The van der Waals surface area contributed by atoms with E-state index in [4.69, 9.17) is 0 Å². The van der Waals surface area contributed by atoms with Crippen molar-refractivity contribution in [1.29, 1.82) is 0 Å². The van der Waals surface area contributed by atoms with Crippen LogP contribution in [0.2, 0.25) is 0 Å². The van der Waals surface area contributed by atoms with Gasteiger partial charge in [0.1, 0.15) is 0 Å². The molecule has 0 atom stereocenters. The molecule has 0 saturated carbocycles. The number of amides is 1. The Hall–Kier alpha value is -1.31. The number of hydrogen-bond donors (Lipinski definition) is 1. The lowest BCUT2D eigenvalue weighted by molar-refractivity contribution is -0.116. The molecular weight excluding hydrogens is 234 g/mol. The summed E-state index contributed by atoms with van der Waals surface area (Å²) in [7, 11) is 0. The van der Waals surface area contributed by atoms with E-state index in [0.717, 1.165) is 37.8 Å². The molecule has 1 rings (SSSR count). The van der Waals surface area contributed by atoms with Gasteiger partial charge in [-0.25, -0.2) is 0 Å². The molecule has 0 aromatic heterocycles. The monoisotopic (exact) mass is 260 g/mol. The average Bonchev–Trinajstić information content (AvgIpc) is 2.41. The van der Waals surface area contributed by atoms with Crippen LogP contribution in [0.15, 0.2) is 24.3 Å². The zero-order valence-electron chi connectivity index (χ0n) is 12.1. The Kier molecular flexibility index (Phi) is 7.95. The molecule has 0 unspecified atom stereocenters. The summed E-state index contributed by atoms with van der Waals surface area (Å²) in [6.07, 6.45) is 8.34. The highest BCUT2D eigenvalue weighted by molar-refractivity contribution is 5.90. The molecule has 1 amide bonds. The molecule has 0 aliphatic heterocycles. The van der Waals surface area contributed by atoms with Crippen molar-refractivity contribution >= 4 is 11.6 Å². The first-order valence-electron chi connectivity index (χ1n) is 7.44. The zero-order chi connectivity index (χ0) is 13.9. The summed E-state index contributed by atoms with van der Waals surface area (Å²) in [5, 5.41) is 2.95. The summed E-state index contributed by atoms with van der Waals surface area (Å²) >= 11 is 0. The average molecular weight is 260 g/mol. The van der Waals surface area contributed by atoms with Crippen LogP contribution in [0.25, 0.3) is 0 Å². The van der Waals surface area contributed by atoms with Crippen LogP contribution in [-0.4, -0.2) is 5.91 Å². The van der Waals surface area contributed by atoms with Crippen LogP contribution in [0.3, 0.4) is 0 Å². The maximum absolute atomic E-state index is 11.7. The number of carbonyl (C=O) groups is 1. The number of aryl methyl sites for hydroxylation is 1. The second-order valence-electron chi connectivity index (χ2n) is 5.01. The molecule has 0 bridgehead atoms. The van der Waals surface area contributed by atoms with Gasteiger partial charge in [-0.05, 0) is 37.0 Å². The predicted octanol–water partition coefficient (Wildman–Crippen LogP) is 4.75. The number of rotatable bonds is 9. The summed E-state index contributed by atoms with van der Waals surface area (Å²) in [6, 6.07) is 8.20. The highest BCUT2D eigenvalue weighted by atomic mass is 16.1. The van der Waals surface area contributed by atoms with Gasteiger partial charge in [-0.2, -0.15) is 0 Å². The fourth-order valence-corrected chi connectivity index (χ4v) is 2.02. The highest BCUT2D eigenvalue weighted by Gasteiger charge is 2.02. The van der Waals surface area contributed by atoms with Crippen LogP contribution < -0.4 is 5.32 Å². The fraction of sp³-hybridized carbons (Fsp3) is 0.529. The predicted molar refractivity (Wildman–Crippen MR) is 82.1 cm³/mol. The molecule has 0 aliphatic carbocycles. The van der Waals surface area contributed by atoms with Crippen molar-refractivity contribution in [3.8, 4) is 0 Å². The minimum absolute atomic E-state index is 0.123. The molecule has 0 aliphatic rings. The van der Waals surface area contributed by atoms with E-state index in [-0.39, 0.29) is 5.91 Å². The summed E-state index contributed by atoms with van der Waals surface area (Å²) < 4.78 is 0. The lowest BCUT2D eigenvalue weighted by atomic mass is 10.1. The maximum atomic E-state index is 11.7. The van der Waals surface area contributed by atoms with E-state index in [0.29, 0.717) is 6.42 Å². The van der Waals surface area contributed by atoms with Crippen LogP contribution in [0.5, 0.6) is 0 Å². The summed E-state index contributed by atoms with van der Waals surface area (Å²) in [4.78, 5) is 11.7. The van der Waals surface area contributed by atoms with Crippen LogP contribution in [0.4, 0.5) is 5.69 Å². The molecule has 2 heteroatoms. The van der Waals surface area contributed by atoms with E-state index < -0.39 is 0 Å². The van der Waals surface area contributed by atoms with Crippen LogP contribution in [0.1, 0.15) is 57.4 Å². The molecule has 0 fully saturated rings. The smallest absolute Gasteiger partial charge is 0.224 e. The third-order valence-corrected chi connectivity index (χ3v) is 3.21. The van der Waals surface area contributed by atoms with E-state index in [1.807, 2.05) is 12.1 Å². The van der Waals surface area contributed by atoms with Gasteiger partial charge in [-0.1, -0.05) is 51.7 Å². The molecule has 1 aromatic carbocycles. The second-order valence-corrected chi connectivity index (χ2v) is 5.01. The Labute approximate surface area is 117 Å². The molecule has 0 heterocycles. The molecule has 1 radical (unpaired) electrons. The maximum Gasteiger partial charge on any atom is 0.224 e. The Morgan fingerprint density at radius 1 is 1.11 bits per heavy atom. The Morgan fingerprint density at radius 3 is 2.47 bits per heavy atom. The Bertz CT molecular complexity index is 356. The molecule has 1 N–H and O–H groups in total. The van der Waals surface area contributed by atoms with Gasteiger partial charge in [0.05, 0.1) is 0 Å². The quantitative estimate of drug-likeness (QED) is 0.638. The van der Waals surface area contributed by atoms with E-state index in [9.17, 15) is 4.79 Å². The van der Waals surface area contributed by atoms with Crippen molar-refractivity contribution in [3.05, 3.63) is 36.8 Å². The summed E-state index contributed by atoms with van der Waals surface area (Å²) in [6.45, 7) is 5.99. The first-order valence-corrected chi connectivity index (χ1v) is 7.44. The van der Waals surface area contributed by atoms with Crippen LogP contribution >= 0.6 is 0 Å². The standard InChI is InChI=1S/C17H26NO/c1-3-5-7-9-15-11-13-16(14-12-15)18-17(19)10-8-6-4-2/h11-14H,1,3-10H2,2H3,(H,18,19). The molecule has 2 nitrogen and oxygen atoms in total. The minimum atomic E-state index is 0.123. The number of carbonyl (C=O) groups excluding carboxylic acids is 1. The minimum Gasteiger partial charge on any atom is -0.326 e. The Balaban J connectivity index is 2.32. The summed E-state index contributed by atoms with van der Waals surface area (Å²) in [5.41, 5.74) is 2.24. The van der Waals surface area contributed by atoms with Gasteiger partial charge in [0.25, 0.3) is 0 Å². The van der Waals surface area contributed by atoms with Crippen LogP contribution in [-0.2, 0) is 11.2 Å². The van der Waals surface area contributed by atoms with E-state index >= 15 is 0 Å². The van der Waals surface area contributed by atoms with E-state index in [1.54, 1.807) is 0 Å². The third-order valence-electron chi connectivity index (χ3n) is 3.21. The number of unbranched alkanes of at least 4 members (excludes halogenated alkanes) is 4. The van der Waals surface area contributed by atoms with Gasteiger partial charge in [-0.15, -0.1) is 0 Å². The van der Waals surface area contributed by atoms with Crippen molar-refractivity contribution in [2.45, 2.75) is 58.3 Å². The lowest BCUT2D eigenvalue weighted by Gasteiger charge is -2.06. The topological polar surface area (TPSA) is 29.1 Å². The molecule has 0 spiro atoms. The van der Waals surface area contributed by atoms with Crippen molar-refractivity contribution in [1.82, 2.24) is 0 Å². The van der Waals surface area contributed by atoms with Gasteiger partial charge in [0.15, 0.2) is 0 Å². The third kappa shape index (κ3) is 7.00. The SMILES string of the molecule is [CH2]CCCCc1ccc(NC(=O)CCCCC)cc1. The molecule has 1 aromatic rings. The molecule has 19 heavy (non-hydrogen) atoms.